The highest BCUT2D eigenvalue weighted by atomic mass is 16.2. The number of amides is 3. The van der Waals surface area contributed by atoms with Crippen LogP contribution in [-0.2, 0) is 9.59 Å². The Morgan fingerprint density at radius 3 is 2.32 bits per heavy atom. The van der Waals surface area contributed by atoms with Crippen molar-refractivity contribution < 1.29 is 14.4 Å². The van der Waals surface area contributed by atoms with E-state index in [1.165, 1.54) is 0 Å². The summed E-state index contributed by atoms with van der Waals surface area (Å²) in [5.41, 5.74) is 1.63. The zero-order valence-corrected chi connectivity index (χ0v) is 16.9. The van der Waals surface area contributed by atoms with E-state index in [1.54, 1.807) is 11.8 Å². The standard InChI is InChI=1S/C22H31N3O3/c1-15-8-3-4-10-18(15)22(28)24-20-12-6-5-11-19(20)23-21(27)17-9-7-13-25(14-17)16(2)26/h3-4,8,10,17,19-20H,5-7,9,11-14H2,1-2H3,(H,23,27)(H,24,28)/t17-,19+,20+/m0/s1. The molecule has 0 bridgehead atoms. The van der Waals surface area contributed by atoms with E-state index < -0.39 is 0 Å². The van der Waals surface area contributed by atoms with E-state index >= 15 is 0 Å². The molecule has 6 heteroatoms. The second kappa shape index (κ2) is 9.22. The van der Waals surface area contributed by atoms with E-state index in [0.717, 1.165) is 50.6 Å². The van der Waals surface area contributed by atoms with Gasteiger partial charge in [0.1, 0.15) is 0 Å². The lowest BCUT2D eigenvalue weighted by Gasteiger charge is -2.36. The lowest BCUT2D eigenvalue weighted by molar-refractivity contribution is -0.134. The van der Waals surface area contributed by atoms with Crippen LogP contribution in [0.5, 0.6) is 0 Å². The molecule has 28 heavy (non-hydrogen) atoms. The van der Waals surface area contributed by atoms with Gasteiger partial charge in [0.05, 0.1) is 5.92 Å². The molecule has 0 unspecified atom stereocenters. The van der Waals surface area contributed by atoms with E-state index in [-0.39, 0.29) is 35.7 Å². The molecule has 1 aliphatic carbocycles. The Balaban J connectivity index is 1.61. The van der Waals surface area contributed by atoms with E-state index in [1.807, 2.05) is 31.2 Å². The summed E-state index contributed by atoms with van der Waals surface area (Å²) in [5, 5.41) is 6.32. The molecular formula is C22H31N3O3. The highest BCUT2D eigenvalue weighted by molar-refractivity contribution is 5.95. The third-order valence-electron chi connectivity index (χ3n) is 6.04. The summed E-state index contributed by atoms with van der Waals surface area (Å²) >= 11 is 0. The number of aryl methyl sites for hydroxylation is 1. The van der Waals surface area contributed by atoms with Crippen LogP contribution in [0.1, 0.15) is 61.4 Å². The number of carbonyl (C=O) groups excluding carboxylic acids is 3. The van der Waals surface area contributed by atoms with Crippen molar-refractivity contribution in [1.82, 2.24) is 15.5 Å². The zero-order chi connectivity index (χ0) is 20.1. The Kier molecular flexibility index (Phi) is 6.70. The predicted molar refractivity (Wildman–Crippen MR) is 108 cm³/mol. The van der Waals surface area contributed by atoms with Crippen LogP contribution in [0.15, 0.2) is 24.3 Å². The minimum atomic E-state index is -0.160. The predicted octanol–water partition coefficient (Wildman–Crippen LogP) is 2.41. The maximum atomic E-state index is 12.8. The highest BCUT2D eigenvalue weighted by Crippen LogP contribution is 2.22. The molecule has 3 rings (SSSR count). The van der Waals surface area contributed by atoms with Gasteiger partial charge in [-0.25, -0.2) is 0 Å². The van der Waals surface area contributed by atoms with Crippen molar-refractivity contribution >= 4 is 17.7 Å². The van der Waals surface area contributed by atoms with E-state index in [4.69, 9.17) is 0 Å². The van der Waals surface area contributed by atoms with E-state index in [9.17, 15) is 14.4 Å². The Morgan fingerprint density at radius 2 is 1.64 bits per heavy atom. The van der Waals surface area contributed by atoms with Crippen LogP contribution in [0.25, 0.3) is 0 Å². The van der Waals surface area contributed by atoms with E-state index in [0.29, 0.717) is 12.1 Å². The average molecular weight is 386 g/mol. The SMILES string of the molecule is CC(=O)N1CCC[C@H](C(=O)N[C@@H]2CCCC[C@H]2NC(=O)c2ccccc2C)C1. The van der Waals surface area contributed by atoms with Gasteiger partial charge in [-0.1, -0.05) is 31.0 Å². The van der Waals surface area contributed by atoms with Crippen LogP contribution in [0, 0.1) is 12.8 Å². The first-order valence-corrected chi connectivity index (χ1v) is 10.4. The molecule has 1 aromatic rings. The van der Waals surface area contributed by atoms with E-state index in [2.05, 4.69) is 10.6 Å². The van der Waals surface area contributed by atoms with Crippen molar-refractivity contribution in [3.8, 4) is 0 Å². The van der Waals surface area contributed by atoms with Gasteiger partial charge in [-0.05, 0) is 44.2 Å². The number of piperidine rings is 1. The topological polar surface area (TPSA) is 78.5 Å². The Labute approximate surface area is 167 Å². The second-order valence-electron chi connectivity index (χ2n) is 8.10. The van der Waals surface area contributed by atoms with Gasteiger partial charge in [0.15, 0.2) is 0 Å². The normalized spacial score (nSPS) is 25.1. The van der Waals surface area contributed by atoms with Crippen molar-refractivity contribution in [1.29, 1.82) is 0 Å². The minimum absolute atomic E-state index is 0.00740. The lowest BCUT2D eigenvalue weighted by Crippen LogP contribution is -2.55. The number of nitrogens with zero attached hydrogens (tertiary/aromatic N) is 1. The first kappa shape index (κ1) is 20.4. The molecule has 1 aliphatic heterocycles. The lowest BCUT2D eigenvalue weighted by atomic mass is 9.88. The summed E-state index contributed by atoms with van der Waals surface area (Å²) in [7, 11) is 0. The molecule has 1 saturated heterocycles. The zero-order valence-electron chi connectivity index (χ0n) is 16.9. The fraction of sp³-hybridized carbons (Fsp3) is 0.591. The number of hydrogen-bond donors (Lipinski definition) is 2. The first-order chi connectivity index (χ1) is 13.5. The number of hydrogen-bond acceptors (Lipinski definition) is 3. The van der Waals surface area contributed by atoms with Crippen LogP contribution in [0.3, 0.4) is 0 Å². The quantitative estimate of drug-likeness (QED) is 0.835. The van der Waals surface area contributed by atoms with Crippen LogP contribution in [0.4, 0.5) is 0 Å². The molecule has 2 fully saturated rings. The maximum absolute atomic E-state index is 12.8. The Bertz CT molecular complexity index is 733. The molecular weight excluding hydrogens is 354 g/mol. The Hall–Kier alpha value is -2.37. The molecule has 2 N–H and O–H groups in total. The molecule has 0 spiro atoms. The van der Waals surface area contributed by atoms with Crippen molar-refractivity contribution in [3.63, 3.8) is 0 Å². The summed E-state index contributed by atoms with van der Waals surface area (Å²) in [5.74, 6) is -0.205. The number of likely N-dealkylation sites (tertiary alicyclic amines) is 1. The van der Waals surface area contributed by atoms with Crippen molar-refractivity contribution in [2.75, 3.05) is 13.1 Å². The van der Waals surface area contributed by atoms with Gasteiger partial charge in [0, 0.05) is 37.7 Å². The summed E-state index contributed by atoms with van der Waals surface area (Å²) in [6.07, 6.45) is 5.50. The molecule has 0 radical (unpaired) electrons. The van der Waals surface area contributed by atoms with Gasteiger partial charge in [0.2, 0.25) is 11.8 Å². The molecule has 2 aliphatic rings. The Morgan fingerprint density at radius 1 is 0.964 bits per heavy atom. The molecule has 6 nitrogen and oxygen atoms in total. The number of nitrogens with one attached hydrogen (secondary N) is 2. The van der Waals surface area contributed by atoms with Crippen molar-refractivity contribution in [2.24, 2.45) is 5.92 Å². The smallest absolute Gasteiger partial charge is 0.251 e. The summed E-state index contributed by atoms with van der Waals surface area (Å²) in [6, 6.07) is 7.44. The summed E-state index contributed by atoms with van der Waals surface area (Å²) in [4.78, 5) is 38.9. The molecule has 0 aromatic heterocycles. The maximum Gasteiger partial charge on any atom is 0.251 e. The number of carbonyl (C=O) groups is 3. The average Bonchev–Trinajstić information content (AvgIpc) is 2.69. The van der Waals surface area contributed by atoms with Gasteiger partial charge >= 0.3 is 0 Å². The molecule has 152 valence electrons. The van der Waals surface area contributed by atoms with Gasteiger partial charge < -0.3 is 15.5 Å². The highest BCUT2D eigenvalue weighted by Gasteiger charge is 2.32. The second-order valence-corrected chi connectivity index (χ2v) is 8.10. The van der Waals surface area contributed by atoms with Crippen LogP contribution >= 0.6 is 0 Å². The van der Waals surface area contributed by atoms with Gasteiger partial charge in [-0.3, -0.25) is 14.4 Å². The number of benzene rings is 1. The van der Waals surface area contributed by atoms with Gasteiger partial charge in [-0.2, -0.15) is 0 Å². The molecule has 1 heterocycles. The van der Waals surface area contributed by atoms with Gasteiger partial charge in [0.25, 0.3) is 5.91 Å². The van der Waals surface area contributed by atoms with Crippen LogP contribution in [-0.4, -0.2) is 47.8 Å². The van der Waals surface area contributed by atoms with Crippen LogP contribution < -0.4 is 10.6 Å². The number of rotatable bonds is 4. The van der Waals surface area contributed by atoms with Crippen LogP contribution in [0.2, 0.25) is 0 Å². The third-order valence-corrected chi connectivity index (χ3v) is 6.04. The summed E-state index contributed by atoms with van der Waals surface area (Å²) < 4.78 is 0. The van der Waals surface area contributed by atoms with Gasteiger partial charge in [-0.15, -0.1) is 0 Å². The fourth-order valence-electron chi connectivity index (χ4n) is 4.33. The fourth-order valence-corrected chi connectivity index (χ4v) is 4.33. The molecule has 3 atom stereocenters. The summed E-state index contributed by atoms with van der Waals surface area (Å²) in [6.45, 7) is 4.71. The van der Waals surface area contributed by atoms with Crippen molar-refractivity contribution in [2.45, 2.75) is 64.5 Å². The monoisotopic (exact) mass is 385 g/mol. The largest absolute Gasteiger partial charge is 0.351 e. The van der Waals surface area contributed by atoms with Crippen molar-refractivity contribution in [3.05, 3.63) is 35.4 Å². The minimum Gasteiger partial charge on any atom is -0.351 e. The third kappa shape index (κ3) is 4.91. The first-order valence-electron chi connectivity index (χ1n) is 10.4. The molecule has 1 aromatic carbocycles. The molecule has 1 saturated carbocycles. The molecule has 3 amide bonds.